The number of halogens is 1. The van der Waals surface area contributed by atoms with Crippen LogP contribution in [0.4, 0.5) is 15.9 Å². The highest BCUT2D eigenvalue weighted by molar-refractivity contribution is 6.01. The molecule has 5 nitrogen and oxygen atoms in total. The lowest BCUT2D eigenvalue weighted by Gasteiger charge is -2.22. The van der Waals surface area contributed by atoms with Crippen LogP contribution in [-0.2, 0) is 19.9 Å². The average Bonchev–Trinajstić information content (AvgIpc) is 2.53. The van der Waals surface area contributed by atoms with Gasteiger partial charge in [0, 0.05) is 19.7 Å². The second kappa shape index (κ2) is 5.87. The summed E-state index contributed by atoms with van der Waals surface area (Å²) in [4.78, 5) is 24.3. The molecule has 0 saturated carbocycles. The van der Waals surface area contributed by atoms with Crippen molar-refractivity contribution in [2.75, 3.05) is 11.9 Å². The molecule has 1 amide bonds. The first kappa shape index (κ1) is 15.3. The van der Waals surface area contributed by atoms with Crippen LogP contribution in [0.15, 0.2) is 29.1 Å². The van der Waals surface area contributed by atoms with Crippen LogP contribution in [0.1, 0.15) is 28.4 Å². The molecule has 1 aliphatic heterocycles. The number of rotatable bonds is 3. The third kappa shape index (κ3) is 2.72. The van der Waals surface area contributed by atoms with Crippen molar-refractivity contribution in [3.05, 3.63) is 57.1 Å². The number of carbonyl (C=O) groups is 1. The van der Waals surface area contributed by atoms with Crippen LogP contribution in [0.3, 0.4) is 0 Å². The van der Waals surface area contributed by atoms with E-state index < -0.39 is 5.82 Å². The zero-order valence-electron chi connectivity index (χ0n) is 13.1. The first-order chi connectivity index (χ1) is 11.0. The van der Waals surface area contributed by atoms with E-state index in [1.165, 1.54) is 16.7 Å². The normalized spacial score (nSPS) is 13.4. The van der Waals surface area contributed by atoms with Crippen LogP contribution in [0, 0.1) is 5.82 Å². The van der Waals surface area contributed by atoms with Crippen molar-refractivity contribution >= 4 is 17.4 Å². The van der Waals surface area contributed by atoms with E-state index in [0.29, 0.717) is 29.9 Å². The van der Waals surface area contributed by atoms with Gasteiger partial charge in [0.2, 0.25) is 0 Å². The molecule has 6 heteroatoms. The average molecular weight is 315 g/mol. The first-order valence-corrected chi connectivity index (χ1v) is 7.57. The number of hydrogen-bond acceptors (Lipinski definition) is 3. The number of fused-ring (bicyclic) bond motifs is 1. The topological polar surface area (TPSA) is 63.1 Å². The molecule has 1 aromatic carbocycles. The van der Waals surface area contributed by atoms with E-state index >= 15 is 0 Å². The number of anilines is 2. The number of nitrogens with zero attached hydrogens (tertiary/aromatic N) is 1. The van der Waals surface area contributed by atoms with Crippen LogP contribution in [0.5, 0.6) is 0 Å². The highest BCUT2D eigenvalue weighted by atomic mass is 19.1. The van der Waals surface area contributed by atoms with Crippen LogP contribution >= 0.6 is 0 Å². The molecule has 2 heterocycles. The SMILES string of the molecule is CCc1ccc(Nc2c3c(cc(=O)n2C)CCNC3=O)c(F)c1. The van der Waals surface area contributed by atoms with Crippen LogP contribution in [0.25, 0.3) is 0 Å². The molecule has 1 aliphatic rings. The van der Waals surface area contributed by atoms with Crippen molar-refractivity contribution < 1.29 is 9.18 Å². The number of nitrogens with one attached hydrogen (secondary N) is 2. The summed E-state index contributed by atoms with van der Waals surface area (Å²) < 4.78 is 15.6. The Hall–Kier alpha value is -2.63. The van der Waals surface area contributed by atoms with Gasteiger partial charge in [-0.15, -0.1) is 0 Å². The van der Waals surface area contributed by atoms with Gasteiger partial charge in [-0.25, -0.2) is 4.39 Å². The van der Waals surface area contributed by atoms with Crippen molar-refractivity contribution in [1.29, 1.82) is 0 Å². The third-order valence-corrected chi connectivity index (χ3v) is 4.12. The van der Waals surface area contributed by atoms with Crippen molar-refractivity contribution in [2.24, 2.45) is 7.05 Å². The zero-order valence-corrected chi connectivity index (χ0v) is 13.1. The fourth-order valence-electron chi connectivity index (χ4n) is 2.75. The molecular formula is C17H18FN3O2. The lowest BCUT2D eigenvalue weighted by molar-refractivity contribution is 0.0946. The number of amides is 1. The lowest BCUT2D eigenvalue weighted by atomic mass is 10.0. The van der Waals surface area contributed by atoms with Crippen molar-refractivity contribution in [3.63, 3.8) is 0 Å². The fourth-order valence-corrected chi connectivity index (χ4v) is 2.75. The molecule has 0 aliphatic carbocycles. The molecule has 1 aromatic heterocycles. The largest absolute Gasteiger partial charge is 0.352 e. The predicted molar refractivity (Wildman–Crippen MR) is 86.8 cm³/mol. The molecule has 2 N–H and O–H groups in total. The maximum absolute atomic E-state index is 14.2. The smallest absolute Gasteiger partial charge is 0.255 e. The number of benzene rings is 1. The molecule has 120 valence electrons. The fraction of sp³-hybridized carbons (Fsp3) is 0.294. The predicted octanol–water partition coefficient (Wildman–Crippen LogP) is 2.12. The van der Waals surface area contributed by atoms with E-state index in [-0.39, 0.29) is 17.2 Å². The molecule has 0 unspecified atom stereocenters. The quantitative estimate of drug-likeness (QED) is 0.912. The Morgan fingerprint density at radius 3 is 2.78 bits per heavy atom. The maximum Gasteiger partial charge on any atom is 0.255 e. The molecule has 0 fully saturated rings. The highest BCUT2D eigenvalue weighted by Crippen LogP contribution is 2.26. The molecule has 0 saturated heterocycles. The maximum atomic E-state index is 14.2. The van der Waals surface area contributed by atoms with Gasteiger partial charge in [-0.3, -0.25) is 14.2 Å². The second-order valence-corrected chi connectivity index (χ2v) is 5.59. The summed E-state index contributed by atoms with van der Waals surface area (Å²) in [7, 11) is 1.56. The molecular weight excluding hydrogens is 297 g/mol. The minimum atomic E-state index is -0.411. The van der Waals surface area contributed by atoms with Crippen LogP contribution in [0.2, 0.25) is 0 Å². The van der Waals surface area contributed by atoms with E-state index in [1.807, 2.05) is 13.0 Å². The van der Waals surface area contributed by atoms with Crippen LogP contribution < -0.4 is 16.2 Å². The summed E-state index contributed by atoms with van der Waals surface area (Å²) in [6, 6.07) is 6.36. The monoisotopic (exact) mass is 315 g/mol. The van der Waals surface area contributed by atoms with Gasteiger partial charge in [0.05, 0.1) is 11.3 Å². The molecule has 0 bridgehead atoms. The van der Waals surface area contributed by atoms with E-state index in [9.17, 15) is 14.0 Å². The van der Waals surface area contributed by atoms with E-state index in [4.69, 9.17) is 0 Å². The standard InChI is InChI=1S/C17H18FN3O2/c1-3-10-4-5-13(12(18)8-10)20-16-15-11(6-7-19-17(15)23)9-14(22)21(16)2/h4-5,8-9,20H,3,6-7H2,1-2H3,(H,19,23). The second-order valence-electron chi connectivity index (χ2n) is 5.59. The summed E-state index contributed by atoms with van der Waals surface area (Å²) >= 11 is 0. The summed E-state index contributed by atoms with van der Waals surface area (Å²) in [5, 5.41) is 5.67. The van der Waals surface area contributed by atoms with Gasteiger partial charge in [0.15, 0.2) is 0 Å². The van der Waals surface area contributed by atoms with Gasteiger partial charge < -0.3 is 10.6 Å². The number of pyridine rings is 1. The van der Waals surface area contributed by atoms with Gasteiger partial charge in [0.25, 0.3) is 11.5 Å². The molecule has 3 rings (SSSR count). The lowest BCUT2D eigenvalue weighted by Crippen LogP contribution is -2.36. The van der Waals surface area contributed by atoms with Crippen molar-refractivity contribution in [1.82, 2.24) is 9.88 Å². The van der Waals surface area contributed by atoms with Gasteiger partial charge in [-0.1, -0.05) is 13.0 Å². The Balaban J connectivity index is 2.11. The molecule has 23 heavy (non-hydrogen) atoms. The molecule has 0 spiro atoms. The minimum absolute atomic E-state index is 0.230. The number of aromatic nitrogens is 1. The Bertz CT molecular complexity index is 842. The number of carbonyl (C=O) groups excluding carboxylic acids is 1. The van der Waals surface area contributed by atoms with E-state index in [2.05, 4.69) is 10.6 Å². The molecule has 0 radical (unpaired) electrons. The van der Waals surface area contributed by atoms with Gasteiger partial charge >= 0.3 is 0 Å². The van der Waals surface area contributed by atoms with E-state index in [0.717, 1.165) is 12.0 Å². The van der Waals surface area contributed by atoms with E-state index in [1.54, 1.807) is 13.1 Å². The summed E-state index contributed by atoms with van der Waals surface area (Å²) in [5.74, 6) is -0.353. The Kier molecular flexibility index (Phi) is 3.90. The molecule has 0 atom stereocenters. The van der Waals surface area contributed by atoms with Gasteiger partial charge in [-0.05, 0) is 36.1 Å². The van der Waals surface area contributed by atoms with Crippen molar-refractivity contribution in [2.45, 2.75) is 19.8 Å². The summed E-state index contributed by atoms with van der Waals surface area (Å²) in [6.45, 7) is 2.45. The van der Waals surface area contributed by atoms with Crippen LogP contribution in [-0.4, -0.2) is 17.0 Å². The first-order valence-electron chi connectivity index (χ1n) is 7.57. The Labute approximate surface area is 133 Å². The summed E-state index contributed by atoms with van der Waals surface area (Å²) in [5.41, 5.74) is 1.98. The minimum Gasteiger partial charge on any atom is -0.352 e. The number of aryl methyl sites for hydroxylation is 1. The van der Waals surface area contributed by atoms with Crippen molar-refractivity contribution in [3.8, 4) is 0 Å². The zero-order chi connectivity index (χ0) is 16.6. The molecule has 2 aromatic rings. The number of hydrogen-bond donors (Lipinski definition) is 2. The third-order valence-electron chi connectivity index (χ3n) is 4.12. The summed E-state index contributed by atoms with van der Waals surface area (Å²) in [6.07, 6.45) is 1.32. The Morgan fingerprint density at radius 2 is 2.09 bits per heavy atom. The Morgan fingerprint density at radius 1 is 1.30 bits per heavy atom. The van der Waals surface area contributed by atoms with Gasteiger partial charge in [-0.2, -0.15) is 0 Å². The highest BCUT2D eigenvalue weighted by Gasteiger charge is 2.24. The van der Waals surface area contributed by atoms with Gasteiger partial charge in [0.1, 0.15) is 11.6 Å².